The highest BCUT2D eigenvalue weighted by Gasteiger charge is 2.31. The summed E-state index contributed by atoms with van der Waals surface area (Å²) in [7, 11) is 0. The number of ether oxygens (including phenoxy) is 1. The van der Waals surface area contributed by atoms with E-state index in [0.717, 1.165) is 19.5 Å². The molecule has 0 spiro atoms. The van der Waals surface area contributed by atoms with Gasteiger partial charge in [-0.05, 0) is 56.7 Å². The number of fused-ring (bicyclic) bond motifs is 1. The van der Waals surface area contributed by atoms with Crippen LogP contribution in [-0.4, -0.2) is 36.2 Å². The Morgan fingerprint density at radius 2 is 2.05 bits per heavy atom. The number of nitrogens with one attached hydrogen (secondary N) is 1. The molecular formula is C18H26N2O2. The van der Waals surface area contributed by atoms with Crippen LogP contribution in [0.15, 0.2) is 18.2 Å². The summed E-state index contributed by atoms with van der Waals surface area (Å²) >= 11 is 0. The first kappa shape index (κ1) is 15.3. The van der Waals surface area contributed by atoms with Crippen LogP contribution in [0.3, 0.4) is 0 Å². The zero-order chi connectivity index (χ0) is 15.7. The summed E-state index contributed by atoms with van der Waals surface area (Å²) in [4.78, 5) is 14.4. The van der Waals surface area contributed by atoms with E-state index in [-0.39, 0.29) is 12.1 Å². The summed E-state index contributed by atoms with van der Waals surface area (Å²) in [6.45, 7) is 8.04. The Hall–Kier alpha value is -1.55. The highest BCUT2D eigenvalue weighted by atomic mass is 16.6. The molecule has 1 fully saturated rings. The number of hydrogen-bond acceptors (Lipinski definition) is 3. The topological polar surface area (TPSA) is 41.6 Å². The Morgan fingerprint density at radius 1 is 1.27 bits per heavy atom. The molecule has 3 rings (SSSR count). The monoisotopic (exact) mass is 302 g/mol. The molecule has 0 aromatic heterocycles. The quantitative estimate of drug-likeness (QED) is 0.867. The van der Waals surface area contributed by atoms with Gasteiger partial charge in [0.2, 0.25) is 0 Å². The van der Waals surface area contributed by atoms with Gasteiger partial charge in [-0.2, -0.15) is 0 Å². The molecule has 1 unspecified atom stereocenters. The third-order valence-corrected chi connectivity index (χ3v) is 4.38. The number of hydrogen-bond donors (Lipinski definition) is 1. The van der Waals surface area contributed by atoms with Crippen molar-refractivity contribution in [3.63, 3.8) is 0 Å². The Kier molecular flexibility index (Phi) is 4.13. The van der Waals surface area contributed by atoms with Crippen LogP contribution in [0.1, 0.15) is 49.9 Å². The molecule has 1 heterocycles. The molecular weight excluding hydrogens is 276 g/mol. The first-order valence-corrected chi connectivity index (χ1v) is 8.26. The Balaban J connectivity index is 1.82. The SMILES string of the molecule is CC(C)(C)OC(=O)N1CCNCC1c1ccc2c(c1)CCC2. The fourth-order valence-corrected chi connectivity index (χ4v) is 3.34. The van der Waals surface area contributed by atoms with Gasteiger partial charge in [-0.25, -0.2) is 4.79 Å². The van der Waals surface area contributed by atoms with Gasteiger partial charge in [0, 0.05) is 19.6 Å². The second-order valence-electron chi connectivity index (χ2n) is 7.28. The van der Waals surface area contributed by atoms with Crippen molar-refractivity contribution in [2.75, 3.05) is 19.6 Å². The molecule has 1 aromatic carbocycles. The second kappa shape index (κ2) is 5.92. The van der Waals surface area contributed by atoms with E-state index in [1.54, 1.807) is 0 Å². The minimum atomic E-state index is -0.454. The van der Waals surface area contributed by atoms with Gasteiger partial charge in [-0.3, -0.25) is 4.90 Å². The number of carbonyl (C=O) groups excluding carboxylic acids is 1. The average molecular weight is 302 g/mol. The number of nitrogens with zero attached hydrogens (tertiary/aromatic N) is 1. The number of carbonyl (C=O) groups is 1. The number of piperazine rings is 1. The molecule has 0 saturated carbocycles. The smallest absolute Gasteiger partial charge is 0.410 e. The fraction of sp³-hybridized carbons (Fsp3) is 0.611. The predicted molar refractivity (Wildman–Crippen MR) is 87.0 cm³/mol. The van der Waals surface area contributed by atoms with Gasteiger partial charge < -0.3 is 10.1 Å². The van der Waals surface area contributed by atoms with E-state index in [0.29, 0.717) is 6.54 Å². The van der Waals surface area contributed by atoms with Gasteiger partial charge in [0.25, 0.3) is 0 Å². The van der Waals surface area contributed by atoms with Gasteiger partial charge in [0.1, 0.15) is 5.60 Å². The molecule has 1 N–H and O–H groups in total. The first-order chi connectivity index (χ1) is 10.4. The van der Waals surface area contributed by atoms with Crippen molar-refractivity contribution >= 4 is 6.09 Å². The highest BCUT2D eigenvalue weighted by molar-refractivity contribution is 5.69. The standard InChI is InChI=1S/C18H26N2O2/c1-18(2,3)22-17(21)20-10-9-19-12-16(20)15-8-7-13-5-4-6-14(13)11-15/h7-8,11,16,19H,4-6,9-10,12H2,1-3H3. The van der Waals surface area contributed by atoms with Crippen LogP contribution in [0.2, 0.25) is 0 Å². The maximum atomic E-state index is 12.5. The summed E-state index contributed by atoms with van der Waals surface area (Å²) in [5.74, 6) is 0. The molecule has 1 aliphatic carbocycles. The Labute approximate surface area is 132 Å². The molecule has 1 atom stereocenters. The van der Waals surface area contributed by atoms with Gasteiger partial charge in [-0.1, -0.05) is 18.2 Å². The van der Waals surface area contributed by atoms with E-state index >= 15 is 0 Å². The largest absolute Gasteiger partial charge is 0.444 e. The molecule has 1 aromatic rings. The van der Waals surface area contributed by atoms with Crippen molar-refractivity contribution in [1.29, 1.82) is 0 Å². The number of aryl methyl sites for hydroxylation is 2. The van der Waals surface area contributed by atoms with Crippen molar-refractivity contribution in [3.8, 4) is 0 Å². The minimum absolute atomic E-state index is 0.0644. The second-order valence-corrected chi connectivity index (χ2v) is 7.28. The van der Waals surface area contributed by atoms with Crippen molar-refractivity contribution in [3.05, 3.63) is 34.9 Å². The summed E-state index contributed by atoms with van der Waals surface area (Å²) in [5, 5.41) is 3.40. The molecule has 4 heteroatoms. The first-order valence-electron chi connectivity index (χ1n) is 8.26. The Morgan fingerprint density at radius 3 is 2.82 bits per heavy atom. The number of rotatable bonds is 1. The zero-order valence-electron chi connectivity index (χ0n) is 13.8. The Bertz CT molecular complexity index is 563. The van der Waals surface area contributed by atoms with Crippen LogP contribution in [0, 0.1) is 0 Å². The van der Waals surface area contributed by atoms with Crippen molar-refractivity contribution in [2.45, 2.75) is 51.7 Å². The lowest BCUT2D eigenvalue weighted by Gasteiger charge is -2.37. The molecule has 1 saturated heterocycles. The summed E-state index contributed by atoms with van der Waals surface area (Å²) < 4.78 is 5.58. The van der Waals surface area contributed by atoms with E-state index in [4.69, 9.17) is 4.74 Å². The van der Waals surface area contributed by atoms with E-state index in [1.807, 2.05) is 25.7 Å². The van der Waals surface area contributed by atoms with Crippen LogP contribution in [0.5, 0.6) is 0 Å². The maximum absolute atomic E-state index is 12.5. The van der Waals surface area contributed by atoms with Gasteiger partial charge in [-0.15, -0.1) is 0 Å². The number of amides is 1. The predicted octanol–water partition coefficient (Wildman–Crippen LogP) is 3.06. The lowest BCUT2D eigenvalue weighted by atomic mass is 9.99. The normalized spacial score (nSPS) is 21.6. The molecule has 1 aliphatic heterocycles. The van der Waals surface area contributed by atoms with Crippen molar-refractivity contribution < 1.29 is 9.53 Å². The van der Waals surface area contributed by atoms with Crippen LogP contribution in [0.4, 0.5) is 4.79 Å². The molecule has 0 bridgehead atoms. The van der Waals surface area contributed by atoms with Crippen LogP contribution >= 0.6 is 0 Å². The van der Waals surface area contributed by atoms with Crippen molar-refractivity contribution in [1.82, 2.24) is 10.2 Å². The van der Waals surface area contributed by atoms with Crippen LogP contribution in [0.25, 0.3) is 0 Å². The maximum Gasteiger partial charge on any atom is 0.410 e. The zero-order valence-corrected chi connectivity index (χ0v) is 13.8. The summed E-state index contributed by atoms with van der Waals surface area (Å²) in [5.41, 5.74) is 3.69. The van der Waals surface area contributed by atoms with Crippen LogP contribution in [-0.2, 0) is 17.6 Å². The fourth-order valence-electron chi connectivity index (χ4n) is 3.34. The summed E-state index contributed by atoms with van der Waals surface area (Å²) in [6.07, 6.45) is 3.39. The number of benzene rings is 1. The van der Waals surface area contributed by atoms with Crippen LogP contribution < -0.4 is 5.32 Å². The lowest BCUT2D eigenvalue weighted by molar-refractivity contribution is 0.0118. The average Bonchev–Trinajstić information content (AvgIpc) is 2.92. The van der Waals surface area contributed by atoms with E-state index in [1.165, 1.54) is 29.5 Å². The minimum Gasteiger partial charge on any atom is -0.444 e. The van der Waals surface area contributed by atoms with E-state index in [9.17, 15) is 4.79 Å². The molecule has 0 radical (unpaired) electrons. The third-order valence-electron chi connectivity index (χ3n) is 4.38. The van der Waals surface area contributed by atoms with Gasteiger partial charge in [0.15, 0.2) is 0 Å². The van der Waals surface area contributed by atoms with E-state index < -0.39 is 5.60 Å². The molecule has 22 heavy (non-hydrogen) atoms. The molecule has 4 nitrogen and oxygen atoms in total. The van der Waals surface area contributed by atoms with Crippen molar-refractivity contribution in [2.24, 2.45) is 0 Å². The molecule has 120 valence electrons. The van der Waals surface area contributed by atoms with Gasteiger partial charge in [0.05, 0.1) is 6.04 Å². The molecule has 1 amide bonds. The van der Waals surface area contributed by atoms with Gasteiger partial charge >= 0.3 is 6.09 Å². The lowest BCUT2D eigenvalue weighted by Crippen LogP contribution is -2.50. The summed E-state index contributed by atoms with van der Waals surface area (Å²) in [6, 6.07) is 6.77. The third kappa shape index (κ3) is 3.27. The molecule has 2 aliphatic rings. The highest BCUT2D eigenvalue weighted by Crippen LogP contribution is 2.29. The van der Waals surface area contributed by atoms with E-state index in [2.05, 4.69) is 23.5 Å².